The minimum atomic E-state index is 0.461. The minimum absolute atomic E-state index is 0.461. The van der Waals surface area contributed by atoms with Crippen molar-refractivity contribution in [3.63, 3.8) is 0 Å². The maximum atomic E-state index is 6.15. The molecule has 1 heterocycles. The van der Waals surface area contributed by atoms with Gasteiger partial charge in [-0.3, -0.25) is 0 Å². The second-order valence-corrected chi connectivity index (χ2v) is 7.15. The summed E-state index contributed by atoms with van der Waals surface area (Å²) in [4.78, 5) is 0. The normalized spacial score (nSPS) is 12.0. The number of halogens is 1. The average Bonchev–Trinajstić information content (AvgIpc) is 2.65. The smallest absolute Gasteiger partial charge is 0.137 e. The molecule has 0 spiro atoms. The third-order valence-corrected chi connectivity index (χ3v) is 3.87. The van der Waals surface area contributed by atoms with E-state index in [-0.39, 0.29) is 0 Å². The number of rotatable bonds is 5. The molecular weight excluding hydrogens is 314 g/mol. The molecule has 0 unspecified atom stereocenters. The first kappa shape index (κ1) is 15.6. The van der Waals surface area contributed by atoms with Crippen LogP contribution in [0.1, 0.15) is 44.6 Å². The Morgan fingerprint density at radius 1 is 1.20 bits per heavy atom. The number of furan rings is 1. The predicted molar refractivity (Wildman–Crippen MR) is 89.2 cm³/mol. The van der Waals surface area contributed by atoms with Crippen LogP contribution in [0.15, 0.2) is 21.0 Å². The van der Waals surface area contributed by atoms with Crippen molar-refractivity contribution in [1.82, 2.24) is 5.32 Å². The molecule has 0 bridgehead atoms. The fraction of sp³-hybridized carbons (Fsp3) is 0.529. The summed E-state index contributed by atoms with van der Waals surface area (Å²) in [5.74, 6) is 1.71. The van der Waals surface area contributed by atoms with Gasteiger partial charge in [0.05, 0.1) is 6.54 Å². The summed E-state index contributed by atoms with van der Waals surface area (Å²) in [5, 5.41) is 4.72. The molecule has 0 atom stereocenters. The van der Waals surface area contributed by atoms with Crippen LogP contribution in [0.25, 0.3) is 11.0 Å². The van der Waals surface area contributed by atoms with Crippen LogP contribution >= 0.6 is 15.9 Å². The number of hydrogen-bond donors (Lipinski definition) is 1. The zero-order chi connectivity index (χ0) is 14.9. The first-order chi connectivity index (χ1) is 9.38. The molecule has 20 heavy (non-hydrogen) atoms. The molecule has 1 N–H and O–H groups in total. The summed E-state index contributed by atoms with van der Waals surface area (Å²) in [6, 6.07) is 4.76. The van der Waals surface area contributed by atoms with Crippen LogP contribution in [-0.2, 0) is 13.0 Å². The lowest BCUT2D eigenvalue weighted by atomic mass is 9.99. The summed E-state index contributed by atoms with van der Waals surface area (Å²) >= 11 is 3.60. The van der Waals surface area contributed by atoms with E-state index in [0.29, 0.717) is 12.0 Å². The maximum absolute atomic E-state index is 6.15. The van der Waals surface area contributed by atoms with Crippen molar-refractivity contribution in [2.75, 3.05) is 0 Å². The van der Waals surface area contributed by atoms with Crippen molar-refractivity contribution < 1.29 is 4.42 Å². The van der Waals surface area contributed by atoms with Crippen LogP contribution in [0.3, 0.4) is 0 Å². The largest absolute Gasteiger partial charge is 0.459 e. The summed E-state index contributed by atoms with van der Waals surface area (Å²) < 4.78 is 7.27. The molecule has 2 aromatic rings. The summed E-state index contributed by atoms with van der Waals surface area (Å²) in [5.41, 5.74) is 3.58. The molecule has 110 valence electrons. The van der Waals surface area contributed by atoms with Crippen molar-refractivity contribution in [3.05, 3.63) is 33.5 Å². The Hall–Kier alpha value is -0.800. The van der Waals surface area contributed by atoms with E-state index in [9.17, 15) is 0 Å². The summed E-state index contributed by atoms with van der Waals surface area (Å²) in [6.45, 7) is 11.7. The van der Waals surface area contributed by atoms with E-state index >= 15 is 0 Å². The molecule has 0 aliphatic heterocycles. The van der Waals surface area contributed by atoms with E-state index in [2.05, 4.69) is 68.0 Å². The van der Waals surface area contributed by atoms with E-state index < -0.39 is 0 Å². The molecule has 3 heteroatoms. The van der Waals surface area contributed by atoms with Crippen molar-refractivity contribution in [1.29, 1.82) is 0 Å². The summed E-state index contributed by atoms with van der Waals surface area (Å²) in [6.07, 6.45) is 1.05. The Balaban J connectivity index is 2.51. The van der Waals surface area contributed by atoms with Gasteiger partial charge in [-0.2, -0.15) is 0 Å². The predicted octanol–water partition coefficient (Wildman–Crippen LogP) is 5.20. The van der Waals surface area contributed by atoms with Crippen molar-refractivity contribution in [3.8, 4) is 0 Å². The van der Waals surface area contributed by atoms with E-state index in [1.54, 1.807) is 0 Å². The average molecular weight is 338 g/mol. The SMILES string of the molecule is Cc1cc(Br)cc2c(CC(C)C)c(CNC(C)C)oc12. The number of benzene rings is 1. The topological polar surface area (TPSA) is 25.2 Å². The lowest BCUT2D eigenvalue weighted by molar-refractivity contribution is 0.478. The molecule has 0 saturated carbocycles. The van der Waals surface area contributed by atoms with Crippen molar-refractivity contribution >= 4 is 26.9 Å². The maximum Gasteiger partial charge on any atom is 0.137 e. The minimum Gasteiger partial charge on any atom is -0.459 e. The summed E-state index contributed by atoms with van der Waals surface area (Å²) in [7, 11) is 0. The Morgan fingerprint density at radius 2 is 1.90 bits per heavy atom. The van der Waals surface area contributed by atoms with Gasteiger partial charge >= 0.3 is 0 Å². The molecular formula is C17H24BrNO. The molecule has 2 rings (SSSR count). The van der Waals surface area contributed by atoms with Gasteiger partial charge in [-0.05, 0) is 37.0 Å². The fourth-order valence-corrected chi connectivity index (χ4v) is 3.07. The highest BCUT2D eigenvalue weighted by Crippen LogP contribution is 2.33. The van der Waals surface area contributed by atoms with Gasteiger partial charge < -0.3 is 9.73 Å². The molecule has 0 radical (unpaired) electrons. The molecule has 0 saturated heterocycles. The fourth-order valence-electron chi connectivity index (χ4n) is 2.50. The van der Waals surface area contributed by atoms with Gasteiger partial charge in [-0.25, -0.2) is 0 Å². The first-order valence-corrected chi connectivity index (χ1v) is 8.11. The Bertz CT molecular complexity index is 599. The zero-order valence-corrected chi connectivity index (χ0v) is 14.6. The monoisotopic (exact) mass is 337 g/mol. The van der Waals surface area contributed by atoms with Crippen LogP contribution < -0.4 is 5.32 Å². The van der Waals surface area contributed by atoms with Crippen LogP contribution in [-0.4, -0.2) is 6.04 Å². The van der Waals surface area contributed by atoms with Gasteiger partial charge in [0.1, 0.15) is 11.3 Å². The van der Waals surface area contributed by atoms with E-state index in [4.69, 9.17) is 4.42 Å². The molecule has 0 aliphatic carbocycles. The zero-order valence-electron chi connectivity index (χ0n) is 13.0. The number of fused-ring (bicyclic) bond motifs is 1. The Kier molecular flexibility index (Phi) is 4.92. The highest BCUT2D eigenvalue weighted by atomic mass is 79.9. The molecule has 0 aliphatic rings. The lowest BCUT2D eigenvalue weighted by Gasteiger charge is -2.09. The number of aryl methyl sites for hydroxylation is 1. The number of nitrogens with one attached hydrogen (secondary N) is 1. The van der Waals surface area contributed by atoms with E-state index in [1.807, 2.05) is 0 Å². The van der Waals surface area contributed by atoms with Crippen molar-refractivity contribution in [2.45, 2.75) is 53.6 Å². The number of hydrogen-bond acceptors (Lipinski definition) is 2. The highest BCUT2D eigenvalue weighted by molar-refractivity contribution is 9.10. The van der Waals surface area contributed by atoms with Gasteiger partial charge in [0.15, 0.2) is 0 Å². The Labute approximate surface area is 130 Å². The van der Waals surface area contributed by atoms with Crippen LogP contribution in [0.4, 0.5) is 0 Å². The van der Waals surface area contributed by atoms with Gasteiger partial charge in [0.25, 0.3) is 0 Å². The molecule has 1 aromatic carbocycles. The van der Waals surface area contributed by atoms with Gasteiger partial charge in [-0.1, -0.05) is 43.6 Å². The van der Waals surface area contributed by atoms with Gasteiger partial charge in [0.2, 0.25) is 0 Å². The standard InChI is InChI=1S/C17H24BrNO/c1-10(2)6-14-15-8-13(18)7-12(5)17(15)20-16(14)9-19-11(3)4/h7-8,10-11,19H,6,9H2,1-5H3. The second-order valence-electron chi connectivity index (χ2n) is 6.24. The van der Waals surface area contributed by atoms with Gasteiger partial charge in [0, 0.05) is 21.5 Å². The molecule has 0 fully saturated rings. The van der Waals surface area contributed by atoms with Crippen LogP contribution in [0.5, 0.6) is 0 Å². The third-order valence-electron chi connectivity index (χ3n) is 3.41. The van der Waals surface area contributed by atoms with Gasteiger partial charge in [-0.15, -0.1) is 0 Å². The Morgan fingerprint density at radius 3 is 2.50 bits per heavy atom. The lowest BCUT2D eigenvalue weighted by Crippen LogP contribution is -2.22. The van der Waals surface area contributed by atoms with E-state index in [1.165, 1.54) is 16.5 Å². The third kappa shape index (κ3) is 3.44. The highest BCUT2D eigenvalue weighted by Gasteiger charge is 2.17. The van der Waals surface area contributed by atoms with E-state index in [0.717, 1.165) is 28.8 Å². The van der Waals surface area contributed by atoms with Crippen molar-refractivity contribution in [2.24, 2.45) is 5.92 Å². The molecule has 1 aromatic heterocycles. The van der Waals surface area contributed by atoms with Crippen LogP contribution in [0.2, 0.25) is 0 Å². The van der Waals surface area contributed by atoms with Crippen LogP contribution in [0, 0.1) is 12.8 Å². The second kappa shape index (κ2) is 6.31. The first-order valence-electron chi connectivity index (χ1n) is 7.32. The quantitative estimate of drug-likeness (QED) is 0.810. The molecule has 0 amide bonds. The molecule has 2 nitrogen and oxygen atoms in total.